The maximum absolute atomic E-state index is 13.7. The zero-order valence-electron chi connectivity index (χ0n) is 43.6. The fourth-order valence-corrected chi connectivity index (χ4v) is 11.2. The van der Waals surface area contributed by atoms with E-state index < -0.39 is 26.6 Å². The van der Waals surface area contributed by atoms with Crippen LogP contribution in [-0.2, 0) is 48.0 Å². The molecule has 1 aromatic heterocycles. The molecule has 4 N–H and O–H groups in total. The molecule has 17 heteroatoms. The van der Waals surface area contributed by atoms with E-state index in [1.807, 2.05) is 81.5 Å². The number of benzene rings is 4. The summed E-state index contributed by atoms with van der Waals surface area (Å²) >= 11 is 4.00. The van der Waals surface area contributed by atoms with Gasteiger partial charge in [0.1, 0.15) is 12.3 Å². The second-order valence-corrected chi connectivity index (χ2v) is 22.6. The summed E-state index contributed by atoms with van der Waals surface area (Å²) in [6.45, 7) is 14.5. The lowest BCUT2D eigenvalue weighted by molar-refractivity contribution is -0.438. The number of nitrogens with zero attached hydrogens (tertiary/aromatic N) is 3. The number of ether oxygens (including phenoxy) is 1. The van der Waals surface area contributed by atoms with E-state index in [-0.39, 0.29) is 34.5 Å². The fourth-order valence-electron chi connectivity index (χ4n) is 10.2. The number of nitrogens with one attached hydrogen (secondary N) is 2. The number of likely N-dealkylation sites (N-methyl/N-ethyl adjacent to an activating group) is 1. The zero-order valence-corrected chi connectivity index (χ0v) is 46.0. The Morgan fingerprint density at radius 2 is 1.51 bits per heavy atom. The van der Waals surface area contributed by atoms with E-state index in [4.69, 9.17) is 16.3 Å². The first-order valence-corrected chi connectivity index (χ1v) is 28.1. The van der Waals surface area contributed by atoms with Crippen LogP contribution in [0.4, 0.5) is 11.4 Å². The second-order valence-electron chi connectivity index (χ2n) is 19.8. The summed E-state index contributed by atoms with van der Waals surface area (Å²) in [6, 6.07) is 22.3. The van der Waals surface area contributed by atoms with Crippen LogP contribution in [0.25, 0.3) is 10.9 Å². The summed E-state index contributed by atoms with van der Waals surface area (Å²) < 4.78 is 65.1. The van der Waals surface area contributed by atoms with Gasteiger partial charge < -0.3 is 24.8 Å². The number of hydrogen-bond acceptors (Lipinski definition) is 8. The van der Waals surface area contributed by atoms with Crippen molar-refractivity contribution in [1.82, 2.24) is 15.2 Å². The number of carbonyl (C=O) groups excluding carboxylic acids is 3. The van der Waals surface area contributed by atoms with Crippen LogP contribution in [0.15, 0.2) is 137 Å². The summed E-state index contributed by atoms with van der Waals surface area (Å²) in [7, 11) is -2.85. The molecule has 5 aromatic rings. The van der Waals surface area contributed by atoms with Gasteiger partial charge in [-0.2, -0.15) is 13.0 Å². The first-order valence-electron chi connectivity index (χ1n) is 25.2. The zero-order chi connectivity index (χ0) is 54.2. The van der Waals surface area contributed by atoms with Crippen LogP contribution < -0.4 is 20.3 Å². The standard InChI is InChI=1S/C58H66ClN5O9S2/c1-8-62-50-30-27-43(74(68)69)36-47(50)57(3,4)52(62)19-13-10-9-11-14-20-53-58(5,6)48-37-44(75(70,71)72)28-31-51(48)63(53)34-18-12-15-21-54(65)60-32-16-17-33-61-55(66)38-45-39(2)64(49-29-26-42(73-7)35-46(45)49)56(67)40-22-24-41(59)25-23-40/h9-11,13-14,19-20,22-31,35-37H,8,12,15-18,21,32-34,38H2,1-7H3,(H3-,60,61,65,66,68,69,70,71,72)/p+1. The Morgan fingerprint density at radius 1 is 0.813 bits per heavy atom. The van der Waals surface area contributed by atoms with Gasteiger partial charge in [0.25, 0.3) is 16.0 Å². The second kappa shape index (κ2) is 24.1. The number of methoxy groups -OCH3 is 1. The molecule has 4 aromatic carbocycles. The van der Waals surface area contributed by atoms with Crippen molar-refractivity contribution < 1.29 is 45.4 Å². The summed E-state index contributed by atoms with van der Waals surface area (Å²) in [5.74, 6) is 0.174. The Labute approximate surface area is 447 Å². The molecule has 14 nitrogen and oxygen atoms in total. The Hall–Kier alpha value is -6.43. The number of carbonyl (C=O) groups is 3. The predicted octanol–water partition coefficient (Wildman–Crippen LogP) is 10.7. The fraction of sp³-hybridized carbons (Fsp3) is 0.345. The number of anilines is 1. The lowest BCUT2D eigenvalue weighted by atomic mass is 9.81. The first kappa shape index (κ1) is 56.3. The molecule has 0 saturated heterocycles. The molecule has 1 unspecified atom stereocenters. The first-order chi connectivity index (χ1) is 35.7. The molecule has 396 valence electrons. The van der Waals surface area contributed by atoms with E-state index in [0.717, 1.165) is 64.2 Å². The molecule has 2 amide bonds. The molecule has 0 saturated carbocycles. The number of aromatic nitrogens is 1. The van der Waals surface area contributed by atoms with Gasteiger partial charge in [-0.1, -0.05) is 55.8 Å². The number of hydrogen-bond donors (Lipinski definition) is 4. The van der Waals surface area contributed by atoms with Crippen molar-refractivity contribution in [2.45, 2.75) is 107 Å². The molecule has 0 aliphatic carbocycles. The Bertz CT molecular complexity index is 3300. The topological polar surface area (TPSA) is 187 Å². The summed E-state index contributed by atoms with van der Waals surface area (Å²) in [5, 5.41) is 7.28. The maximum atomic E-state index is 13.7. The number of halogens is 1. The SMILES string of the molecule is CCN1C(=CC=CC=CC=CC2=[N+](CCCCCC(=O)NCCCCNC(=O)Cc3c(C)n(C(=O)c4ccc(Cl)cc4)c4ccc(OC)cc34)c3ccc(S(=O)(=O)O)cc3C2(C)C)C(C)(C)c2cc(S(=O)O)ccc21. The number of allylic oxidation sites excluding steroid dienone is 8. The van der Waals surface area contributed by atoms with Gasteiger partial charge in [-0.3, -0.25) is 23.5 Å². The molecule has 2 aliphatic rings. The van der Waals surface area contributed by atoms with Crippen LogP contribution in [-0.4, -0.2) is 87.6 Å². The van der Waals surface area contributed by atoms with Crippen LogP contribution in [0.1, 0.15) is 106 Å². The van der Waals surface area contributed by atoms with E-state index in [1.54, 1.807) is 60.2 Å². The van der Waals surface area contributed by atoms with Gasteiger partial charge in [0.05, 0.1) is 34.3 Å². The third kappa shape index (κ3) is 12.6. The van der Waals surface area contributed by atoms with Crippen LogP contribution in [0.5, 0.6) is 5.75 Å². The molecule has 3 heterocycles. The third-order valence-electron chi connectivity index (χ3n) is 14.2. The normalized spacial score (nSPS) is 15.9. The summed E-state index contributed by atoms with van der Waals surface area (Å²) in [4.78, 5) is 42.1. The van der Waals surface area contributed by atoms with Crippen molar-refractivity contribution in [1.29, 1.82) is 0 Å². The average molecular weight is 1080 g/mol. The molecule has 1 atom stereocenters. The minimum atomic E-state index is -4.42. The highest BCUT2D eigenvalue weighted by Crippen LogP contribution is 2.48. The minimum Gasteiger partial charge on any atom is -0.497 e. The monoisotopic (exact) mass is 1080 g/mol. The highest BCUT2D eigenvalue weighted by atomic mass is 35.5. The van der Waals surface area contributed by atoms with Crippen molar-refractivity contribution in [3.8, 4) is 5.75 Å². The van der Waals surface area contributed by atoms with Crippen LogP contribution in [0, 0.1) is 6.92 Å². The largest absolute Gasteiger partial charge is 0.497 e. The molecule has 75 heavy (non-hydrogen) atoms. The molecule has 0 fully saturated rings. The smallest absolute Gasteiger partial charge is 0.294 e. The van der Waals surface area contributed by atoms with Crippen molar-refractivity contribution in [2.75, 3.05) is 38.2 Å². The van der Waals surface area contributed by atoms with Gasteiger partial charge in [0.15, 0.2) is 16.8 Å². The number of unbranched alkanes of at least 4 members (excludes halogenated alkanes) is 3. The quantitative estimate of drug-likeness (QED) is 0.0171. The average Bonchev–Trinajstić information content (AvgIpc) is 3.87. The van der Waals surface area contributed by atoms with Gasteiger partial charge in [-0.15, -0.1) is 0 Å². The van der Waals surface area contributed by atoms with E-state index in [1.165, 1.54) is 6.07 Å². The van der Waals surface area contributed by atoms with Gasteiger partial charge >= 0.3 is 0 Å². The summed E-state index contributed by atoms with van der Waals surface area (Å²) in [6.07, 6.45) is 17.9. The number of rotatable bonds is 22. The Kier molecular flexibility index (Phi) is 18.1. The number of amides is 2. The van der Waals surface area contributed by atoms with Crippen LogP contribution >= 0.6 is 11.6 Å². The van der Waals surface area contributed by atoms with Crippen molar-refractivity contribution in [3.63, 3.8) is 0 Å². The highest BCUT2D eigenvalue weighted by molar-refractivity contribution is 7.85. The van der Waals surface area contributed by atoms with Gasteiger partial charge in [-0.05, 0) is 143 Å². The van der Waals surface area contributed by atoms with Crippen molar-refractivity contribution >= 4 is 78.5 Å². The summed E-state index contributed by atoms with van der Waals surface area (Å²) in [5.41, 5.74) is 7.31. The molecule has 0 radical (unpaired) electrons. The molecular formula is C58H67ClN5O9S2+. The van der Waals surface area contributed by atoms with E-state index in [9.17, 15) is 36.1 Å². The van der Waals surface area contributed by atoms with Gasteiger partial charge in [0, 0.05) is 88.6 Å². The Morgan fingerprint density at radius 3 is 2.19 bits per heavy atom. The molecular weight excluding hydrogens is 1010 g/mol. The van der Waals surface area contributed by atoms with E-state index in [2.05, 4.69) is 47.0 Å². The van der Waals surface area contributed by atoms with Gasteiger partial charge in [0.2, 0.25) is 17.5 Å². The molecule has 2 aliphatic heterocycles. The number of fused-ring (bicyclic) bond motifs is 3. The Balaban J connectivity index is 0.891. The van der Waals surface area contributed by atoms with Crippen LogP contribution in [0.2, 0.25) is 5.02 Å². The van der Waals surface area contributed by atoms with E-state index >= 15 is 0 Å². The molecule has 7 rings (SSSR count). The van der Waals surface area contributed by atoms with Crippen molar-refractivity contribution in [3.05, 3.63) is 160 Å². The predicted molar refractivity (Wildman–Crippen MR) is 298 cm³/mol. The molecule has 0 spiro atoms. The van der Waals surface area contributed by atoms with Gasteiger partial charge in [-0.25, -0.2) is 4.21 Å². The van der Waals surface area contributed by atoms with Crippen molar-refractivity contribution in [2.24, 2.45) is 0 Å². The maximum Gasteiger partial charge on any atom is 0.294 e. The lowest BCUT2D eigenvalue weighted by Crippen LogP contribution is -2.28. The molecule has 0 bridgehead atoms. The van der Waals surface area contributed by atoms with E-state index in [0.29, 0.717) is 77.8 Å². The lowest BCUT2D eigenvalue weighted by Gasteiger charge is -2.25. The van der Waals surface area contributed by atoms with Crippen LogP contribution in [0.3, 0.4) is 0 Å². The highest BCUT2D eigenvalue weighted by Gasteiger charge is 2.45. The third-order valence-corrected chi connectivity index (χ3v) is 16.0. The minimum absolute atomic E-state index is 0.0396.